The fraction of sp³-hybridized carbons (Fsp3) is 0.474. The van der Waals surface area contributed by atoms with Crippen molar-refractivity contribution in [1.82, 2.24) is 10.3 Å². The van der Waals surface area contributed by atoms with Gasteiger partial charge in [-0.15, -0.1) is 0 Å². The third-order valence-corrected chi connectivity index (χ3v) is 4.18. The number of para-hydroxylation sites is 1. The molecular formula is C19H26N2O3. The monoisotopic (exact) mass is 330 g/mol. The van der Waals surface area contributed by atoms with Crippen LogP contribution in [-0.4, -0.2) is 28.0 Å². The van der Waals surface area contributed by atoms with Crippen LogP contribution in [0.25, 0.3) is 10.9 Å². The summed E-state index contributed by atoms with van der Waals surface area (Å²) in [5.41, 5.74) is 2.88. The van der Waals surface area contributed by atoms with E-state index in [9.17, 15) is 14.7 Å². The summed E-state index contributed by atoms with van der Waals surface area (Å²) in [5.74, 6) is -1.24. The van der Waals surface area contributed by atoms with Crippen molar-refractivity contribution in [2.24, 2.45) is 5.41 Å². The van der Waals surface area contributed by atoms with Crippen LogP contribution in [0.4, 0.5) is 0 Å². The molecule has 5 heteroatoms. The number of carboxylic acids is 1. The van der Waals surface area contributed by atoms with Gasteiger partial charge in [-0.1, -0.05) is 39.0 Å². The first kappa shape index (κ1) is 18.0. The molecule has 1 heterocycles. The van der Waals surface area contributed by atoms with Crippen molar-refractivity contribution in [2.45, 2.75) is 53.0 Å². The minimum absolute atomic E-state index is 0.0336. The zero-order chi connectivity index (χ0) is 17.9. The highest BCUT2D eigenvalue weighted by Crippen LogP contribution is 2.23. The highest BCUT2D eigenvalue weighted by Gasteiger charge is 2.23. The maximum absolute atomic E-state index is 12.4. The molecule has 1 atom stereocenters. The maximum atomic E-state index is 12.4. The smallest absolute Gasteiger partial charge is 0.326 e. The Morgan fingerprint density at radius 3 is 2.54 bits per heavy atom. The van der Waals surface area contributed by atoms with Gasteiger partial charge in [-0.3, -0.25) is 4.79 Å². The van der Waals surface area contributed by atoms with Crippen LogP contribution < -0.4 is 5.32 Å². The molecular weight excluding hydrogens is 304 g/mol. The van der Waals surface area contributed by atoms with Crippen LogP contribution in [0.15, 0.2) is 24.3 Å². The van der Waals surface area contributed by atoms with Crippen molar-refractivity contribution in [1.29, 1.82) is 0 Å². The molecule has 0 aliphatic heterocycles. The Hall–Kier alpha value is -2.30. The Kier molecular flexibility index (Phi) is 5.32. The minimum atomic E-state index is -0.983. The van der Waals surface area contributed by atoms with Gasteiger partial charge in [0.1, 0.15) is 6.04 Å². The van der Waals surface area contributed by atoms with Crippen LogP contribution in [-0.2, 0) is 16.0 Å². The Bertz CT molecular complexity index is 741. The quantitative estimate of drug-likeness (QED) is 0.759. The lowest BCUT2D eigenvalue weighted by Crippen LogP contribution is -2.42. The molecule has 2 rings (SSSR count). The van der Waals surface area contributed by atoms with Gasteiger partial charge in [0.2, 0.25) is 5.91 Å². The second-order valence-electron chi connectivity index (χ2n) is 7.51. The van der Waals surface area contributed by atoms with Gasteiger partial charge in [-0.05, 0) is 36.8 Å². The van der Waals surface area contributed by atoms with Crippen molar-refractivity contribution in [3.63, 3.8) is 0 Å². The Balaban J connectivity index is 2.07. The van der Waals surface area contributed by atoms with Crippen LogP contribution in [0, 0.1) is 12.3 Å². The standard InChI is InChI=1S/C19H26N2O3/c1-12-14(13-7-5-6-8-15(13)20-12)11-17(22)21-16(18(23)24)9-10-19(2,3)4/h5-8,16,20H,9-11H2,1-4H3,(H,21,22)(H,23,24). The number of carboxylic acid groups (broad SMARTS) is 1. The number of H-pyrrole nitrogens is 1. The van der Waals surface area contributed by atoms with Gasteiger partial charge in [-0.25, -0.2) is 4.79 Å². The van der Waals surface area contributed by atoms with Gasteiger partial charge < -0.3 is 15.4 Å². The Labute approximate surface area is 142 Å². The first-order valence-corrected chi connectivity index (χ1v) is 8.26. The number of amides is 1. The number of benzene rings is 1. The summed E-state index contributed by atoms with van der Waals surface area (Å²) in [4.78, 5) is 27.0. The van der Waals surface area contributed by atoms with Crippen molar-refractivity contribution in [2.75, 3.05) is 0 Å². The molecule has 0 saturated carbocycles. The van der Waals surface area contributed by atoms with Gasteiger partial charge >= 0.3 is 5.97 Å². The van der Waals surface area contributed by atoms with Crippen molar-refractivity contribution >= 4 is 22.8 Å². The number of carbonyl (C=O) groups is 2. The zero-order valence-electron chi connectivity index (χ0n) is 14.8. The molecule has 1 aromatic heterocycles. The molecule has 3 N–H and O–H groups in total. The van der Waals surface area contributed by atoms with E-state index in [1.54, 1.807) is 0 Å². The summed E-state index contributed by atoms with van der Waals surface area (Å²) >= 11 is 0. The van der Waals surface area contributed by atoms with E-state index in [2.05, 4.69) is 31.1 Å². The number of aromatic nitrogens is 1. The first-order valence-electron chi connectivity index (χ1n) is 8.26. The fourth-order valence-corrected chi connectivity index (χ4v) is 2.80. The highest BCUT2D eigenvalue weighted by atomic mass is 16.4. The molecule has 24 heavy (non-hydrogen) atoms. The molecule has 1 amide bonds. The maximum Gasteiger partial charge on any atom is 0.326 e. The molecule has 0 bridgehead atoms. The van der Waals surface area contributed by atoms with Crippen molar-refractivity contribution in [3.05, 3.63) is 35.5 Å². The molecule has 0 aliphatic carbocycles. The number of rotatable bonds is 6. The lowest BCUT2D eigenvalue weighted by molar-refractivity contribution is -0.142. The summed E-state index contributed by atoms with van der Waals surface area (Å²) in [6, 6.07) is 6.96. The van der Waals surface area contributed by atoms with Crippen LogP contribution in [0.5, 0.6) is 0 Å². The van der Waals surface area contributed by atoms with E-state index >= 15 is 0 Å². The first-order chi connectivity index (χ1) is 11.2. The molecule has 0 radical (unpaired) electrons. The normalized spacial score (nSPS) is 13.0. The van der Waals surface area contributed by atoms with E-state index in [1.165, 1.54) is 0 Å². The van der Waals surface area contributed by atoms with E-state index in [1.807, 2.05) is 31.2 Å². The highest BCUT2D eigenvalue weighted by molar-refractivity contribution is 5.91. The van der Waals surface area contributed by atoms with Gasteiger partial charge in [0.15, 0.2) is 0 Å². The average Bonchev–Trinajstić information content (AvgIpc) is 2.78. The number of nitrogens with one attached hydrogen (secondary N) is 2. The summed E-state index contributed by atoms with van der Waals surface area (Å²) in [7, 11) is 0. The van der Waals surface area contributed by atoms with Crippen molar-refractivity contribution in [3.8, 4) is 0 Å². The second kappa shape index (κ2) is 7.07. The molecule has 1 unspecified atom stereocenters. The summed E-state index contributed by atoms with van der Waals surface area (Å²) in [6.07, 6.45) is 1.34. The lowest BCUT2D eigenvalue weighted by atomic mass is 9.88. The minimum Gasteiger partial charge on any atom is -0.480 e. The molecule has 1 aromatic carbocycles. The average molecular weight is 330 g/mol. The van der Waals surface area contributed by atoms with Crippen LogP contribution >= 0.6 is 0 Å². The molecule has 0 aliphatic rings. The predicted molar refractivity (Wildman–Crippen MR) is 95.0 cm³/mol. The molecule has 2 aromatic rings. The van der Waals surface area contributed by atoms with Gasteiger partial charge in [0.25, 0.3) is 0 Å². The van der Waals surface area contributed by atoms with Crippen LogP contribution in [0.1, 0.15) is 44.9 Å². The zero-order valence-corrected chi connectivity index (χ0v) is 14.8. The van der Waals surface area contributed by atoms with E-state index in [0.717, 1.165) is 28.6 Å². The number of fused-ring (bicyclic) bond motifs is 1. The van der Waals surface area contributed by atoms with Gasteiger partial charge in [-0.2, -0.15) is 0 Å². The largest absolute Gasteiger partial charge is 0.480 e. The number of aromatic amines is 1. The van der Waals surface area contributed by atoms with Crippen molar-refractivity contribution < 1.29 is 14.7 Å². The molecule has 0 saturated heterocycles. The van der Waals surface area contributed by atoms with E-state index < -0.39 is 12.0 Å². The molecule has 5 nitrogen and oxygen atoms in total. The second-order valence-corrected chi connectivity index (χ2v) is 7.51. The number of hydrogen-bond donors (Lipinski definition) is 3. The predicted octanol–water partition coefficient (Wildman–Crippen LogP) is 3.41. The van der Waals surface area contributed by atoms with Crippen LogP contribution in [0.3, 0.4) is 0 Å². The number of aliphatic carboxylic acids is 1. The van der Waals surface area contributed by atoms with Gasteiger partial charge in [0.05, 0.1) is 6.42 Å². The molecule has 130 valence electrons. The summed E-state index contributed by atoms with van der Waals surface area (Å²) < 4.78 is 0. The number of aryl methyl sites for hydroxylation is 1. The Morgan fingerprint density at radius 1 is 1.25 bits per heavy atom. The van der Waals surface area contributed by atoms with E-state index in [0.29, 0.717) is 6.42 Å². The Morgan fingerprint density at radius 2 is 1.92 bits per heavy atom. The summed E-state index contributed by atoms with van der Waals surface area (Å²) in [6.45, 7) is 8.10. The SMILES string of the molecule is Cc1[nH]c2ccccc2c1CC(=O)NC(CCC(C)(C)C)C(=O)O. The van der Waals surface area contributed by atoms with Crippen LogP contribution in [0.2, 0.25) is 0 Å². The molecule has 0 fully saturated rings. The van der Waals surface area contributed by atoms with Gasteiger partial charge in [0, 0.05) is 16.6 Å². The number of hydrogen-bond acceptors (Lipinski definition) is 2. The molecule has 0 spiro atoms. The van der Waals surface area contributed by atoms with E-state index in [4.69, 9.17) is 0 Å². The lowest BCUT2D eigenvalue weighted by Gasteiger charge is -2.21. The van der Waals surface area contributed by atoms with E-state index in [-0.39, 0.29) is 17.7 Å². The topological polar surface area (TPSA) is 82.2 Å². The third-order valence-electron chi connectivity index (χ3n) is 4.18. The fourth-order valence-electron chi connectivity index (χ4n) is 2.80. The third kappa shape index (κ3) is 4.60. The summed E-state index contributed by atoms with van der Waals surface area (Å²) in [5, 5.41) is 13.0. The number of carbonyl (C=O) groups excluding carboxylic acids is 1.